The molecule has 0 saturated carbocycles. The van der Waals surface area contributed by atoms with Gasteiger partial charge < -0.3 is 5.11 Å². The molecule has 2 heterocycles. The maximum atomic E-state index is 10.7. The zero-order chi connectivity index (χ0) is 20.2. The van der Waals surface area contributed by atoms with Gasteiger partial charge in [0.2, 0.25) is 5.88 Å². The highest BCUT2D eigenvalue weighted by molar-refractivity contribution is 7.73. The second kappa shape index (κ2) is 8.50. The lowest BCUT2D eigenvalue weighted by atomic mass is 10.1. The third-order valence-corrected chi connectivity index (χ3v) is 5.92. The molecule has 4 aromatic rings. The molecular formula is C21H19N5OS2. The van der Waals surface area contributed by atoms with E-state index < -0.39 is 0 Å². The summed E-state index contributed by atoms with van der Waals surface area (Å²) in [4.78, 5) is 9.08. The highest BCUT2D eigenvalue weighted by Gasteiger charge is 2.16. The van der Waals surface area contributed by atoms with Crippen LogP contribution >= 0.6 is 23.6 Å². The van der Waals surface area contributed by atoms with Crippen molar-refractivity contribution in [3.63, 3.8) is 0 Å². The highest BCUT2D eigenvalue weighted by Crippen LogP contribution is 2.31. The van der Waals surface area contributed by atoms with Crippen molar-refractivity contribution in [2.24, 2.45) is 4.99 Å². The van der Waals surface area contributed by atoms with E-state index >= 15 is 0 Å². The number of hydrogen-bond acceptors (Lipinski definition) is 6. The van der Waals surface area contributed by atoms with E-state index in [9.17, 15) is 5.11 Å². The molecule has 0 spiro atoms. The molecule has 1 atom stereocenters. The topological polar surface area (TPSA) is 68.2 Å². The van der Waals surface area contributed by atoms with Crippen LogP contribution in [0.5, 0.6) is 5.88 Å². The molecule has 0 fully saturated rings. The van der Waals surface area contributed by atoms with Crippen molar-refractivity contribution in [2.45, 2.75) is 19.5 Å². The molecule has 0 radical (unpaired) electrons. The Morgan fingerprint density at radius 1 is 1.17 bits per heavy atom. The Hall–Kier alpha value is -3.10. The Bertz CT molecular complexity index is 1160. The standard InChI is InChI=1S/C21H19N5OS2/c1-15(17-5-3-2-4-6-17)26-20(27)19(29-21(26)28)11-23-18-9-7-16(8-10-18)12-25-14-22-13-24-25/h2-11,13-15,27H,12H2,1H3/t15-/m0/s1. The third kappa shape index (κ3) is 4.33. The molecule has 6 nitrogen and oxygen atoms in total. The zero-order valence-corrected chi connectivity index (χ0v) is 17.3. The summed E-state index contributed by atoms with van der Waals surface area (Å²) in [5, 5.41) is 14.8. The molecule has 0 unspecified atom stereocenters. The van der Waals surface area contributed by atoms with Gasteiger partial charge in [-0.15, -0.1) is 0 Å². The summed E-state index contributed by atoms with van der Waals surface area (Å²) in [5.74, 6) is 0.142. The van der Waals surface area contributed by atoms with Crippen LogP contribution in [-0.2, 0) is 6.54 Å². The zero-order valence-electron chi connectivity index (χ0n) is 15.7. The molecule has 0 amide bonds. The number of aromatic nitrogens is 4. The number of aromatic hydroxyl groups is 1. The van der Waals surface area contributed by atoms with Crippen LogP contribution in [0.2, 0.25) is 0 Å². The first-order chi connectivity index (χ1) is 14.1. The Labute approximate surface area is 177 Å². The number of hydrogen-bond donors (Lipinski definition) is 1. The summed E-state index contributed by atoms with van der Waals surface area (Å²) in [6.07, 6.45) is 4.87. The second-order valence-corrected chi connectivity index (χ2v) is 8.21. The number of aliphatic imine (C=N–C) groups is 1. The number of rotatable bonds is 6. The Morgan fingerprint density at radius 2 is 1.93 bits per heavy atom. The maximum Gasteiger partial charge on any atom is 0.212 e. The minimum atomic E-state index is -0.0573. The Morgan fingerprint density at radius 3 is 2.62 bits per heavy atom. The van der Waals surface area contributed by atoms with Crippen LogP contribution in [-0.4, -0.2) is 30.7 Å². The summed E-state index contributed by atoms with van der Waals surface area (Å²) in [6.45, 7) is 2.68. The van der Waals surface area contributed by atoms with Crippen molar-refractivity contribution >= 4 is 35.5 Å². The van der Waals surface area contributed by atoms with Crippen LogP contribution in [0.3, 0.4) is 0 Å². The van der Waals surface area contributed by atoms with E-state index in [1.165, 1.54) is 17.7 Å². The quantitative estimate of drug-likeness (QED) is 0.352. The van der Waals surface area contributed by atoms with Gasteiger partial charge in [0.15, 0.2) is 3.95 Å². The third-order valence-electron chi connectivity index (χ3n) is 4.59. The van der Waals surface area contributed by atoms with Gasteiger partial charge in [-0.3, -0.25) is 9.56 Å². The second-order valence-electron chi connectivity index (χ2n) is 6.53. The predicted molar refractivity (Wildman–Crippen MR) is 118 cm³/mol. The van der Waals surface area contributed by atoms with E-state index in [-0.39, 0.29) is 11.9 Å². The monoisotopic (exact) mass is 421 g/mol. The molecule has 2 aromatic carbocycles. The fourth-order valence-electron chi connectivity index (χ4n) is 3.02. The molecule has 29 heavy (non-hydrogen) atoms. The minimum absolute atomic E-state index is 0.0573. The normalized spacial score (nSPS) is 12.4. The lowest BCUT2D eigenvalue weighted by Gasteiger charge is -2.14. The molecule has 2 aromatic heterocycles. The smallest absolute Gasteiger partial charge is 0.212 e. The summed E-state index contributed by atoms with van der Waals surface area (Å²) >= 11 is 6.83. The van der Waals surface area contributed by atoms with Crippen LogP contribution in [0.1, 0.15) is 29.0 Å². The largest absolute Gasteiger partial charge is 0.493 e. The number of nitrogens with zero attached hydrogens (tertiary/aromatic N) is 5. The fourth-order valence-corrected chi connectivity index (χ4v) is 4.36. The first-order valence-electron chi connectivity index (χ1n) is 9.06. The van der Waals surface area contributed by atoms with Gasteiger partial charge >= 0.3 is 0 Å². The van der Waals surface area contributed by atoms with Gasteiger partial charge in [-0.05, 0) is 42.4 Å². The van der Waals surface area contributed by atoms with Crippen molar-refractivity contribution in [1.82, 2.24) is 19.3 Å². The van der Waals surface area contributed by atoms with Crippen LogP contribution < -0.4 is 0 Å². The van der Waals surface area contributed by atoms with Crippen LogP contribution in [0.4, 0.5) is 5.69 Å². The van der Waals surface area contributed by atoms with Crippen molar-refractivity contribution in [3.8, 4) is 5.88 Å². The van der Waals surface area contributed by atoms with Gasteiger partial charge in [0.1, 0.15) is 17.5 Å². The number of benzene rings is 2. The van der Waals surface area contributed by atoms with E-state index in [1.807, 2.05) is 61.5 Å². The lowest BCUT2D eigenvalue weighted by Crippen LogP contribution is -2.06. The van der Waals surface area contributed by atoms with Gasteiger partial charge in [-0.25, -0.2) is 9.67 Å². The highest BCUT2D eigenvalue weighted by atomic mass is 32.1. The summed E-state index contributed by atoms with van der Waals surface area (Å²) in [5.41, 5.74) is 2.99. The van der Waals surface area contributed by atoms with Crippen LogP contribution in [0, 0.1) is 3.95 Å². The molecule has 4 rings (SSSR count). The first-order valence-corrected chi connectivity index (χ1v) is 10.3. The molecular weight excluding hydrogens is 402 g/mol. The average Bonchev–Trinajstić information content (AvgIpc) is 3.35. The molecule has 0 bridgehead atoms. The SMILES string of the molecule is C[C@@H](c1ccccc1)n1c(O)c(C=Nc2ccc(Cn3cncn3)cc2)sc1=S. The lowest BCUT2D eigenvalue weighted by molar-refractivity contribution is 0.405. The predicted octanol–water partition coefficient (Wildman–Crippen LogP) is 4.98. The molecule has 0 aliphatic carbocycles. The van der Waals surface area contributed by atoms with E-state index in [0.29, 0.717) is 15.4 Å². The molecule has 146 valence electrons. The number of thiazole rings is 1. The van der Waals surface area contributed by atoms with Gasteiger partial charge in [-0.1, -0.05) is 53.8 Å². The summed E-state index contributed by atoms with van der Waals surface area (Å²) in [7, 11) is 0. The molecule has 0 aliphatic rings. The maximum absolute atomic E-state index is 10.7. The van der Waals surface area contributed by atoms with E-state index in [1.54, 1.807) is 21.8 Å². The minimum Gasteiger partial charge on any atom is -0.493 e. The van der Waals surface area contributed by atoms with Crippen molar-refractivity contribution in [1.29, 1.82) is 0 Å². The Kier molecular flexibility index (Phi) is 5.64. The molecule has 0 aliphatic heterocycles. The molecule has 8 heteroatoms. The van der Waals surface area contributed by atoms with Crippen LogP contribution in [0.15, 0.2) is 72.2 Å². The van der Waals surface area contributed by atoms with E-state index in [2.05, 4.69) is 15.1 Å². The summed E-state index contributed by atoms with van der Waals surface area (Å²) in [6, 6.07) is 17.8. The van der Waals surface area contributed by atoms with Gasteiger partial charge in [0.25, 0.3) is 0 Å². The Balaban J connectivity index is 1.52. The van der Waals surface area contributed by atoms with Crippen molar-refractivity contribution in [2.75, 3.05) is 0 Å². The van der Waals surface area contributed by atoms with Crippen LogP contribution in [0.25, 0.3) is 0 Å². The van der Waals surface area contributed by atoms with Gasteiger partial charge in [-0.2, -0.15) is 5.10 Å². The van der Waals surface area contributed by atoms with E-state index in [0.717, 1.165) is 16.8 Å². The average molecular weight is 422 g/mol. The van der Waals surface area contributed by atoms with Crippen molar-refractivity contribution < 1.29 is 5.11 Å². The van der Waals surface area contributed by atoms with Gasteiger partial charge in [0.05, 0.1) is 24.5 Å². The molecule has 0 saturated heterocycles. The molecule has 1 N–H and O–H groups in total. The fraction of sp³-hybridized carbons (Fsp3) is 0.143. The van der Waals surface area contributed by atoms with Gasteiger partial charge in [0, 0.05) is 0 Å². The van der Waals surface area contributed by atoms with E-state index in [4.69, 9.17) is 12.2 Å². The summed E-state index contributed by atoms with van der Waals surface area (Å²) < 4.78 is 4.14. The first kappa shape index (κ1) is 19.2. The van der Waals surface area contributed by atoms with Crippen molar-refractivity contribution in [3.05, 3.63) is 87.2 Å².